The molecule has 1 unspecified atom stereocenters. The van der Waals surface area contributed by atoms with E-state index in [2.05, 4.69) is 10.2 Å². The monoisotopic (exact) mass is 456 g/mol. The van der Waals surface area contributed by atoms with Gasteiger partial charge in [0.2, 0.25) is 5.91 Å². The van der Waals surface area contributed by atoms with Crippen LogP contribution in [0.1, 0.15) is 12.0 Å². The van der Waals surface area contributed by atoms with E-state index in [1.807, 2.05) is 73.1 Å². The highest BCUT2D eigenvalue weighted by molar-refractivity contribution is 7.99. The topological polar surface area (TPSA) is 85.2 Å². The molecule has 0 bridgehead atoms. The molecule has 0 saturated carbocycles. The molecule has 1 saturated heterocycles. The number of carbonyl (C=O) groups is 1. The van der Waals surface area contributed by atoms with E-state index in [1.165, 1.54) is 11.8 Å². The molecule has 1 aliphatic heterocycles. The van der Waals surface area contributed by atoms with Crippen molar-refractivity contribution in [3.8, 4) is 11.4 Å². The highest BCUT2D eigenvalue weighted by Crippen LogP contribution is 2.27. The summed E-state index contributed by atoms with van der Waals surface area (Å²) in [5, 5.41) is 9.18. The molecule has 31 heavy (non-hydrogen) atoms. The summed E-state index contributed by atoms with van der Waals surface area (Å²) >= 11 is 1.31. The van der Waals surface area contributed by atoms with Gasteiger partial charge in [0.15, 0.2) is 20.8 Å². The van der Waals surface area contributed by atoms with Crippen molar-refractivity contribution in [3.63, 3.8) is 0 Å². The van der Waals surface area contributed by atoms with E-state index in [0.29, 0.717) is 17.3 Å². The number of hydrogen-bond acceptors (Lipinski definition) is 6. The fourth-order valence-corrected chi connectivity index (χ4v) is 6.27. The summed E-state index contributed by atoms with van der Waals surface area (Å²) in [6, 6.07) is 16.9. The second-order valence-corrected chi connectivity index (χ2v) is 10.9. The lowest BCUT2D eigenvalue weighted by Crippen LogP contribution is -2.42. The number of sulfone groups is 1. The number of benzene rings is 2. The minimum atomic E-state index is -3.11. The van der Waals surface area contributed by atoms with Gasteiger partial charge in [-0.3, -0.25) is 4.79 Å². The van der Waals surface area contributed by atoms with Crippen molar-refractivity contribution in [2.45, 2.75) is 24.5 Å². The Labute approximate surface area is 186 Å². The van der Waals surface area contributed by atoms with Crippen LogP contribution in [0, 0.1) is 6.92 Å². The van der Waals surface area contributed by atoms with Crippen LogP contribution in [0.4, 0.5) is 5.69 Å². The maximum Gasteiger partial charge on any atom is 0.237 e. The normalized spacial score (nSPS) is 17.5. The lowest BCUT2D eigenvalue weighted by atomic mass is 10.1. The SMILES string of the molecule is Cc1cccc(-c2nnc(SCC(=O)N(c3ccccc3)C3CCS(=O)(=O)C3)n2C)c1. The molecule has 0 spiro atoms. The Morgan fingerprint density at radius 2 is 1.94 bits per heavy atom. The fourth-order valence-electron chi connectivity index (χ4n) is 3.80. The Kier molecular flexibility index (Phi) is 6.15. The third kappa shape index (κ3) is 4.83. The molecule has 1 aliphatic rings. The number of amides is 1. The van der Waals surface area contributed by atoms with Crippen LogP contribution in [-0.2, 0) is 21.7 Å². The number of nitrogens with zero attached hydrogens (tertiary/aromatic N) is 4. The van der Waals surface area contributed by atoms with Crippen LogP contribution in [0.25, 0.3) is 11.4 Å². The standard InChI is InChI=1S/C22H24N4O3S2/c1-16-7-6-8-17(13-16)21-23-24-22(25(21)2)30-14-20(27)26(18-9-4-3-5-10-18)19-11-12-31(28,29)15-19/h3-10,13,19H,11-12,14-15H2,1-2H3. The quantitative estimate of drug-likeness (QED) is 0.530. The van der Waals surface area contributed by atoms with Crippen molar-refractivity contribution in [1.82, 2.24) is 14.8 Å². The smallest absolute Gasteiger partial charge is 0.237 e. The second-order valence-electron chi connectivity index (χ2n) is 7.68. The number of para-hydroxylation sites is 1. The summed E-state index contributed by atoms with van der Waals surface area (Å²) in [5.41, 5.74) is 2.82. The van der Waals surface area contributed by atoms with Crippen LogP contribution in [-0.4, -0.2) is 52.4 Å². The fraction of sp³-hybridized carbons (Fsp3) is 0.318. The van der Waals surface area contributed by atoms with E-state index in [1.54, 1.807) is 4.90 Å². The Morgan fingerprint density at radius 3 is 2.61 bits per heavy atom. The molecule has 1 fully saturated rings. The third-order valence-corrected chi connectivity index (χ3v) is 8.07. The first-order valence-corrected chi connectivity index (χ1v) is 12.8. The molecule has 1 aromatic heterocycles. The second kappa shape index (κ2) is 8.84. The molecule has 162 valence electrons. The number of anilines is 1. The molecule has 0 radical (unpaired) electrons. The number of carbonyl (C=O) groups excluding carboxylic acids is 1. The summed E-state index contributed by atoms with van der Waals surface area (Å²) in [7, 11) is -1.24. The van der Waals surface area contributed by atoms with Gasteiger partial charge in [0, 0.05) is 18.3 Å². The molecule has 4 rings (SSSR count). The van der Waals surface area contributed by atoms with Crippen LogP contribution < -0.4 is 4.90 Å². The summed E-state index contributed by atoms with van der Waals surface area (Å²) in [6.45, 7) is 2.02. The average molecular weight is 457 g/mol. The summed E-state index contributed by atoms with van der Waals surface area (Å²) in [5.74, 6) is 0.856. The molecule has 7 nitrogen and oxygen atoms in total. The third-order valence-electron chi connectivity index (χ3n) is 5.31. The lowest BCUT2D eigenvalue weighted by molar-refractivity contribution is -0.116. The highest BCUT2D eigenvalue weighted by Gasteiger charge is 2.35. The van der Waals surface area contributed by atoms with Crippen LogP contribution in [0.15, 0.2) is 59.8 Å². The zero-order valence-electron chi connectivity index (χ0n) is 17.4. The van der Waals surface area contributed by atoms with Crippen LogP contribution in [0.2, 0.25) is 0 Å². The minimum absolute atomic E-state index is 0.000230. The van der Waals surface area contributed by atoms with Gasteiger partial charge in [-0.1, -0.05) is 53.7 Å². The van der Waals surface area contributed by atoms with Crippen LogP contribution in [0.3, 0.4) is 0 Å². The number of rotatable bonds is 6. The van der Waals surface area contributed by atoms with Gasteiger partial charge in [0.1, 0.15) is 0 Å². The van der Waals surface area contributed by atoms with Gasteiger partial charge in [-0.25, -0.2) is 8.42 Å². The van der Waals surface area contributed by atoms with Crippen molar-refractivity contribution < 1.29 is 13.2 Å². The van der Waals surface area contributed by atoms with E-state index in [-0.39, 0.29) is 29.2 Å². The highest BCUT2D eigenvalue weighted by atomic mass is 32.2. The van der Waals surface area contributed by atoms with Crippen molar-refractivity contribution in [1.29, 1.82) is 0 Å². The van der Waals surface area contributed by atoms with Crippen LogP contribution in [0.5, 0.6) is 0 Å². The number of aromatic nitrogens is 3. The number of aryl methyl sites for hydroxylation is 1. The lowest BCUT2D eigenvalue weighted by Gasteiger charge is -2.28. The molecular formula is C22H24N4O3S2. The van der Waals surface area contributed by atoms with Gasteiger partial charge < -0.3 is 9.47 Å². The molecular weight excluding hydrogens is 432 g/mol. The van der Waals surface area contributed by atoms with E-state index in [9.17, 15) is 13.2 Å². The average Bonchev–Trinajstić information content (AvgIpc) is 3.29. The van der Waals surface area contributed by atoms with Crippen molar-refractivity contribution in [2.75, 3.05) is 22.2 Å². The van der Waals surface area contributed by atoms with E-state index in [0.717, 1.165) is 17.0 Å². The predicted octanol–water partition coefficient (Wildman–Crippen LogP) is 3.10. The molecule has 0 N–H and O–H groups in total. The number of hydrogen-bond donors (Lipinski definition) is 0. The van der Waals surface area contributed by atoms with Crippen molar-refractivity contribution in [2.24, 2.45) is 7.05 Å². The van der Waals surface area contributed by atoms with E-state index in [4.69, 9.17) is 0 Å². The summed E-state index contributed by atoms with van der Waals surface area (Å²) in [4.78, 5) is 14.8. The first kappa shape index (κ1) is 21.6. The maximum atomic E-state index is 13.2. The molecule has 0 aliphatic carbocycles. The molecule has 2 aromatic carbocycles. The Balaban J connectivity index is 1.52. The van der Waals surface area contributed by atoms with E-state index < -0.39 is 9.84 Å². The van der Waals surface area contributed by atoms with Crippen molar-refractivity contribution >= 4 is 33.2 Å². The van der Waals surface area contributed by atoms with E-state index >= 15 is 0 Å². The van der Waals surface area contributed by atoms with Gasteiger partial charge in [-0.05, 0) is 31.5 Å². The maximum absolute atomic E-state index is 13.2. The molecule has 2 heterocycles. The first-order valence-electron chi connectivity index (χ1n) is 10.0. The molecule has 3 aromatic rings. The molecule has 1 atom stereocenters. The Hall–Kier alpha value is -2.65. The van der Waals surface area contributed by atoms with Gasteiger partial charge in [0.05, 0.1) is 23.3 Å². The largest absolute Gasteiger partial charge is 0.308 e. The molecule has 1 amide bonds. The first-order chi connectivity index (χ1) is 14.8. The van der Waals surface area contributed by atoms with Gasteiger partial charge in [0.25, 0.3) is 0 Å². The van der Waals surface area contributed by atoms with Gasteiger partial charge in [-0.2, -0.15) is 0 Å². The van der Waals surface area contributed by atoms with Crippen LogP contribution >= 0.6 is 11.8 Å². The van der Waals surface area contributed by atoms with Gasteiger partial charge >= 0.3 is 0 Å². The van der Waals surface area contributed by atoms with Crippen molar-refractivity contribution in [3.05, 3.63) is 60.2 Å². The Morgan fingerprint density at radius 1 is 1.16 bits per heavy atom. The zero-order valence-corrected chi connectivity index (χ0v) is 19.1. The molecule has 9 heteroatoms. The summed E-state index contributed by atoms with van der Waals surface area (Å²) in [6.07, 6.45) is 0.453. The number of thioether (sulfide) groups is 1. The predicted molar refractivity (Wildman–Crippen MR) is 123 cm³/mol. The summed E-state index contributed by atoms with van der Waals surface area (Å²) < 4.78 is 25.9. The Bertz CT molecular complexity index is 1190. The van der Waals surface area contributed by atoms with Gasteiger partial charge in [-0.15, -0.1) is 10.2 Å². The zero-order chi connectivity index (χ0) is 22.0. The minimum Gasteiger partial charge on any atom is -0.308 e.